The third kappa shape index (κ3) is 2.74. The van der Waals surface area contributed by atoms with Crippen LogP contribution in [0.4, 0.5) is 0 Å². The molecule has 8 heteroatoms. The van der Waals surface area contributed by atoms with E-state index in [0.29, 0.717) is 38.2 Å². The Balaban J connectivity index is 1.44. The van der Waals surface area contributed by atoms with Crippen LogP contribution >= 0.6 is 22.7 Å². The Hall–Kier alpha value is -1.77. The number of carbonyl (C=O) groups excluding carboxylic acids is 2. The Labute approximate surface area is 147 Å². The van der Waals surface area contributed by atoms with Crippen LogP contribution in [-0.2, 0) is 4.79 Å². The van der Waals surface area contributed by atoms with Crippen LogP contribution in [0.5, 0.6) is 0 Å². The van der Waals surface area contributed by atoms with Crippen LogP contribution < -0.4 is 10.6 Å². The summed E-state index contributed by atoms with van der Waals surface area (Å²) in [6.07, 6.45) is 1.29. The summed E-state index contributed by atoms with van der Waals surface area (Å²) in [5.41, 5.74) is -0.000385. The van der Waals surface area contributed by atoms with E-state index in [0.717, 1.165) is 16.4 Å². The highest BCUT2D eigenvalue weighted by molar-refractivity contribution is 7.20. The van der Waals surface area contributed by atoms with Crippen LogP contribution in [0.15, 0.2) is 22.9 Å². The molecule has 2 aromatic heterocycles. The molecule has 0 unspecified atom stereocenters. The molecule has 0 aromatic carbocycles. The third-order valence-corrected chi connectivity index (χ3v) is 6.55. The highest BCUT2D eigenvalue weighted by atomic mass is 32.1. The number of piperazine rings is 1. The molecule has 0 atom stereocenters. The number of piperidine rings is 1. The summed E-state index contributed by atoms with van der Waals surface area (Å²) >= 11 is 3.12. The van der Waals surface area contributed by atoms with Crippen molar-refractivity contribution in [1.29, 1.82) is 0 Å². The van der Waals surface area contributed by atoms with Crippen LogP contribution in [0.25, 0.3) is 9.88 Å². The molecule has 4 heterocycles. The van der Waals surface area contributed by atoms with Gasteiger partial charge in [-0.3, -0.25) is 9.59 Å². The molecule has 0 bridgehead atoms. The number of aromatic nitrogens is 1. The summed E-state index contributed by atoms with van der Waals surface area (Å²) in [5.74, 6) is 0.0228. The number of thiophene rings is 1. The molecule has 6 nitrogen and oxygen atoms in total. The summed E-state index contributed by atoms with van der Waals surface area (Å²) in [6, 6.07) is 3.99. The second-order valence-electron chi connectivity index (χ2n) is 6.07. The van der Waals surface area contributed by atoms with Gasteiger partial charge in [0.2, 0.25) is 5.91 Å². The largest absolute Gasteiger partial charge is 0.353 e. The number of nitrogens with one attached hydrogen (secondary N) is 2. The molecule has 2 N–H and O–H groups in total. The van der Waals surface area contributed by atoms with Crippen LogP contribution in [0.3, 0.4) is 0 Å². The van der Waals surface area contributed by atoms with Crippen molar-refractivity contribution in [1.82, 2.24) is 20.5 Å². The molecular formula is C16H18N4O2S2. The zero-order chi connectivity index (χ0) is 16.6. The molecule has 24 heavy (non-hydrogen) atoms. The molecule has 2 aliphatic rings. The number of amides is 2. The molecule has 0 aliphatic carbocycles. The quantitative estimate of drug-likeness (QED) is 0.850. The lowest BCUT2D eigenvalue weighted by atomic mass is 9.85. The lowest BCUT2D eigenvalue weighted by molar-refractivity contribution is -0.131. The van der Waals surface area contributed by atoms with E-state index in [9.17, 15) is 9.59 Å². The van der Waals surface area contributed by atoms with Crippen molar-refractivity contribution in [3.8, 4) is 9.88 Å². The monoisotopic (exact) mass is 362 g/mol. The zero-order valence-corrected chi connectivity index (χ0v) is 14.7. The number of rotatable bonds is 2. The van der Waals surface area contributed by atoms with Crippen molar-refractivity contribution in [2.24, 2.45) is 0 Å². The summed E-state index contributed by atoms with van der Waals surface area (Å²) in [6.45, 7) is 2.61. The van der Waals surface area contributed by atoms with E-state index < -0.39 is 5.54 Å². The maximum Gasteiger partial charge on any atom is 0.273 e. The summed E-state index contributed by atoms with van der Waals surface area (Å²) in [5, 5.41) is 11.0. The first-order chi connectivity index (χ1) is 11.7. The molecule has 2 aromatic rings. The summed E-state index contributed by atoms with van der Waals surface area (Å²) in [4.78, 5) is 32.2. The van der Waals surface area contributed by atoms with E-state index in [1.807, 2.05) is 27.8 Å². The second kappa shape index (κ2) is 6.27. The molecule has 1 spiro atoms. The number of likely N-dealkylation sites (tertiary alicyclic amines) is 1. The van der Waals surface area contributed by atoms with Crippen LogP contribution in [-0.4, -0.2) is 53.4 Å². The molecule has 2 amide bonds. The first kappa shape index (κ1) is 15.7. The van der Waals surface area contributed by atoms with Crippen molar-refractivity contribution in [3.05, 3.63) is 28.6 Å². The average molecular weight is 362 g/mol. The molecular weight excluding hydrogens is 344 g/mol. The Morgan fingerprint density at radius 2 is 2.08 bits per heavy atom. The van der Waals surface area contributed by atoms with Gasteiger partial charge in [0, 0.05) is 31.6 Å². The van der Waals surface area contributed by atoms with E-state index in [-0.39, 0.29) is 11.8 Å². The van der Waals surface area contributed by atoms with Crippen molar-refractivity contribution < 1.29 is 9.59 Å². The summed E-state index contributed by atoms with van der Waals surface area (Å²) < 4.78 is 0. The van der Waals surface area contributed by atoms with Gasteiger partial charge < -0.3 is 15.5 Å². The second-order valence-corrected chi connectivity index (χ2v) is 7.88. The first-order valence-electron chi connectivity index (χ1n) is 8.00. The SMILES string of the molecule is O=C(c1csc(-c2cccs2)n1)N1CCC2(CC1)NCCNC2=O. The smallest absolute Gasteiger partial charge is 0.273 e. The van der Waals surface area contributed by atoms with Gasteiger partial charge in [0.25, 0.3) is 5.91 Å². The van der Waals surface area contributed by atoms with Gasteiger partial charge in [0.15, 0.2) is 0 Å². The Kier molecular flexibility index (Phi) is 4.11. The Morgan fingerprint density at radius 3 is 2.79 bits per heavy atom. The molecule has 2 saturated heterocycles. The molecule has 4 rings (SSSR count). The van der Waals surface area contributed by atoms with Crippen LogP contribution in [0.2, 0.25) is 0 Å². The normalized spacial score (nSPS) is 20.2. The lowest BCUT2D eigenvalue weighted by Crippen LogP contribution is -2.66. The fourth-order valence-corrected chi connectivity index (χ4v) is 4.88. The molecule has 126 valence electrons. The molecule has 2 aliphatic heterocycles. The maximum atomic E-state index is 12.7. The highest BCUT2D eigenvalue weighted by Gasteiger charge is 2.43. The predicted molar refractivity (Wildman–Crippen MR) is 94.3 cm³/mol. The topological polar surface area (TPSA) is 74.3 Å². The zero-order valence-electron chi connectivity index (χ0n) is 13.1. The van der Waals surface area contributed by atoms with Crippen molar-refractivity contribution in [2.45, 2.75) is 18.4 Å². The third-order valence-electron chi connectivity index (χ3n) is 4.67. The van der Waals surface area contributed by atoms with E-state index in [1.54, 1.807) is 11.3 Å². The van der Waals surface area contributed by atoms with Gasteiger partial charge in [-0.05, 0) is 24.3 Å². The van der Waals surface area contributed by atoms with Crippen LogP contribution in [0.1, 0.15) is 23.3 Å². The number of nitrogens with zero attached hydrogens (tertiary/aromatic N) is 2. The van der Waals surface area contributed by atoms with Gasteiger partial charge in [-0.15, -0.1) is 22.7 Å². The predicted octanol–water partition coefficient (Wildman–Crippen LogP) is 1.57. The number of thiazole rings is 1. The van der Waals surface area contributed by atoms with Gasteiger partial charge in [-0.1, -0.05) is 6.07 Å². The van der Waals surface area contributed by atoms with Crippen molar-refractivity contribution in [2.75, 3.05) is 26.2 Å². The highest BCUT2D eigenvalue weighted by Crippen LogP contribution is 2.29. The average Bonchev–Trinajstić information content (AvgIpc) is 3.29. The maximum absolute atomic E-state index is 12.7. The lowest BCUT2D eigenvalue weighted by Gasteiger charge is -2.43. The van der Waals surface area contributed by atoms with Gasteiger partial charge in [-0.25, -0.2) is 4.98 Å². The fourth-order valence-electron chi connectivity index (χ4n) is 3.27. The minimum Gasteiger partial charge on any atom is -0.353 e. The van der Waals surface area contributed by atoms with E-state index in [1.165, 1.54) is 11.3 Å². The van der Waals surface area contributed by atoms with Gasteiger partial charge in [-0.2, -0.15) is 0 Å². The number of hydrogen-bond acceptors (Lipinski definition) is 6. The van der Waals surface area contributed by atoms with Crippen molar-refractivity contribution in [3.63, 3.8) is 0 Å². The fraction of sp³-hybridized carbons (Fsp3) is 0.438. The Bertz CT molecular complexity index is 748. The molecule has 0 saturated carbocycles. The van der Waals surface area contributed by atoms with E-state index >= 15 is 0 Å². The number of carbonyl (C=O) groups is 2. The minimum atomic E-state index is -0.501. The van der Waals surface area contributed by atoms with Crippen LogP contribution in [0, 0.1) is 0 Å². The van der Waals surface area contributed by atoms with E-state index in [2.05, 4.69) is 15.6 Å². The first-order valence-corrected chi connectivity index (χ1v) is 9.76. The summed E-state index contributed by atoms with van der Waals surface area (Å²) in [7, 11) is 0. The molecule has 2 fully saturated rings. The molecule has 0 radical (unpaired) electrons. The standard InChI is InChI=1S/C16H18N4O2S2/c21-14(11-10-24-13(19-11)12-2-1-9-23-12)20-7-3-16(4-8-20)15(22)17-5-6-18-16/h1-2,9-10,18H,3-8H2,(H,17,22). The van der Waals surface area contributed by atoms with Gasteiger partial charge >= 0.3 is 0 Å². The van der Waals surface area contributed by atoms with E-state index in [4.69, 9.17) is 0 Å². The van der Waals surface area contributed by atoms with Gasteiger partial charge in [0.1, 0.15) is 16.2 Å². The minimum absolute atomic E-state index is 0.0416. The van der Waals surface area contributed by atoms with Gasteiger partial charge in [0.05, 0.1) is 4.88 Å². The number of hydrogen-bond donors (Lipinski definition) is 2. The van der Waals surface area contributed by atoms with Crippen molar-refractivity contribution >= 4 is 34.5 Å². The Morgan fingerprint density at radius 1 is 1.25 bits per heavy atom.